The van der Waals surface area contributed by atoms with Crippen LogP contribution in [0.5, 0.6) is 0 Å². The van der Waals surface area contributed by atoms with Crippen molar-refractivity contribution in [3.63, 3.8) is 0 Å². The fourth-order valence-corrected chi connectivity index (χ4v) is 2.20. The highest BCUT2D eigenvalue weighted by molar-refractivity contribution is 5.28. The van der Waals surface area contributed by atoms with Gasteiger partial charge in [-0.2, -0.15) is 5.10 Å². The maximum absolute atomic E-state index is 10.3. The van der Waals surface area contributed by atoms with Crippen molar-refractivity contribution >= 4 is 0 Å². The van der Waals surface area contributed by atoms with E-state index in [2.05, 4.69) is 18.1 Å². The Labute approximate surface area is 108 Å². The van der Waals surface area contributed by atoms with Crippen LogP contribution in [0.25, 0.3) is 0 Å². The molecule has 0 fully saturated rings. The van der Waals surface area contributed by atoms with Crippen LogP contribution >= 0.6 is 0 Å². The van der Waals surface area contributed by atoms with E-state index in [1.807, 2.05) is 42.9 Å². The zero-order valence-electron chi connectivity index (χ0n) is 11.2. The van der Waals surface area contributed by atoms with Crippen molar-refractivity contribution < 1.29 is 5.11 Å². The minimum atomic E-state index is -0.466. The van der Waals surface area contributed by atoms with Crippen molar-refractivity contribution in [2.75, 3.05) is 0 Å². The molecule has 0 aliphatic carbocycles. The quantitative estimate of drug-likeness (QED) is 0.897. The maximum Gasteiger partial charge on any atom is 0.0847 e. The van der Waals surface area contributed by atoms with Crippen molar-refractivity contribution in [1.29, 1.82) is 0 Å². The molecule has 1 aromatic carbocycles. The van der Waals surface area contributed by atoms with Gasteiger partial charge in [-0.3, -0.25) is 4.68 Å². The van der Waals surface area contributed by atoms with Crippen molar-refractivity contribution in [2.24, 2.45) is 7.05 Å². The molecule has 0 bridgehead atoms. The van der Waals surface area contributed by atoms with Crippen molar-refractivity contribution in [3.8, 4) is 0 Å². The second-order valence-electron chi connectivity index (χ2n) is 4.68. The minimum absolute atomic E-state index is 0.466. The van der Waals surface area contributed by atoms with E-state index >= 15 is 0 Å². The molecule has 2 rings (SSSR count). The first-order valence-corrected chi connectivity index (χ1v) is 6.37. The third-order valence-corrected chi connectivity index (χ3v) is 3.34. The fraction of sp³-hybridized carbons (Fsp3) is 0.400. The maximum atomic E-state index is 10.3. The second kappa shape index (κ2) is 5.36. The summed E-state index contributed by atoms with van der Waals surface area (Å²) >= 11 is 0. The van der Waals surface area contributed by atoms with E-state index < -0.39 is 6.10 Å². The molecule has 96 valence electrons. The van der Waals surface area contributed by atoms with Gasteiger partial charge in [0.15, 0.2) is 0 Å². The molecule has 0 amide bonds. The van der Waals surface area contributed by atoms with Gasteiger partial charge in [-0.15, -0.1) is 0 Å². The lowest BCUT2D eigenvalue weighted by molar-refractivity contribution is 0.175. The average molecular weight is 244 g/mol. The summed E-state index contributed by atoms with van der Waals surface area (Å²) in [5.41, 5.74) is 4.27. The number of aromatic nitrogens is 2. The molecule has 1 heterocycles. The normalized spacial score (nSPS) is 12.7. The number of rotatable bonds is 4. The summed E-state index contributed by atoms with van der Waals surface area (Å²) in [5.74, 6) is 0. The van der Waals surface area contributed by atoms with Gasteiger partial charge >= 0.3 is 0 Å². The Morgan fingerprint density at radius 1 is 1.33 bits per heavy atom. The van der Waals surface area contributed by atoms with Crippen LogP contribution in [0.15, 0.2) is 30.3 Å². The molecular formula is C15H20N2O. The summed E-state index contributed by atoms with van der Waals surface area (Å²) in [6, 6.07) is 10.0. The molecule has 1 N–H and O–H groups in total. The summed E-state index contributed by atoms with van der Waals surface area (Å²) in [5, 5.41) is 14.7. The Bertz CT molecular complexity index is 531. The van der Waals surface area contributed by atoms with Crippen LogP contribution in [0.4, 0.5) is 0 Å². The molecule has 18 heavy (non-hydrogen) atoms. The number of hydrogen-bond donors (Lipinski definition) is 1. The topological polar surface area (TPSA) is 38.0 Å². The molecule has 0 saturated heterocycles. The molecule has 2 aromatic rings. The zero-order chi connectivity index (χ0) is 13.1. The Balaban J connectivity index is 2.18. The first-order chi connectivity index (χ1) is 8.61. The predicted octanol–water partition coefficient (Wildman–Crippen LogP) is 2.57. The van der Waals surface area contributed by atoms with Crippen LogP contribution in [-0.2, 0) is 19.9 Å². The highest BCUT2D eigenvalue weighted by atomic mass is 16.3. The van der Waals surface area contributed by atoms with Crippen LogP contribution in [0.3, 0.4) is 0 Å². The number of aliphatic hydroxyl groups excluding tert-OH is 1. The molecule has 1 atom stereocenters. The molecule has 0 saturated carbocycles. The smallest absolute Gasteiger partial charge is 0.0847 e. The number of nitrogens with zero attached hydrogens (tertiary/aromatic N) is 2. The first-order valence-electron chi connectivity index (χ1n) is 6.37. The zero-order valence-corrected chi connectivity index (χ0v) is 11.2. The van der Waals surface area contributed by atoms with E-state index in [1.165, 1.54) is 0 Å². The summed E-state index contributed by atoms with van der Waals surface area (Å²) in [6.45, 7) is 4.11. The van der Waals surface area contributed by atoms with E-state index in [0.717, 1.165) is 28.9 Å². The summed E-state index contributed by atoms with van der Waals surface area (Å²) < 4.78 is 1.86. The van der Waals surface area contributed by atoms with E-state index in [1.54, 1.807) is 0 Å². The summed E-state index contributed by atoms with van der Waals surface area (Å²) in [4.78, 5) is 0. The van der Waals surface area contributed by atoms with Gasteiger partial charge in [-0.1, -0.05) is 31.2 Å². The third-order valence-electron chi connectivity index (χ3n) is 3.34. The number of hydrogen-bond acceptors (Lipinski definition) is 2. The van der Waals surface area contributed by atoms with E-state index in [0.29, 0.717) is 6.42 Å². The number of aryl methyl sites for hydroxylation is 3. The van der Waals surface area contributed by atoms with Crippen molar-refractivity contribution in [1.82, 2.24) is 9.78 Å². The largest absolute Gasteiger partial charge is 0.388 e. The van der Waals surface area contributed by atoms with Gasteiger partial charge in [0.25, 0.3) is 0 Å². The number of aliphatic hydroxyl groups is 1. The van der Waals surface area contributed by atoms with E-state index in [9.17, 15) is 5.11 Å². The Morgan fingerprint density at radius 3 is 2.67 bits per heavy atom. The molecule has 3 nitrogen and oxygen atoms in total. The van der Waals surface area contributed by atoms with E-state index in [4.69, 9.17) is 0 Å². The monoisotopic (exact) mass is 244 g/mol. The fourth-order valence-electron chi connectivity index (χ4n) is 2.20. The lowest BCUT2D eigenvalue weighted by Gasteiger charge is -2.13. The van der Waals surface area contributed by atoms with Gasteiger partial charge in [0, 0.05) is 19.2 Å². The highest BCUT2D eigenvalue weighted by Gasteiger charge is 2.13. The van der Waals surface area contributed by atoms with Crippen LogP contribution < -0.4 is 0 Å². The molecule has 1 unspecified atom stereocenters. The van der Waals surface area contributed by atoms with Crippen LogP contribution in [-0.4, -0.2) is 14.9 Å². The highest BCUT2D eigenvalue weighted by Crippen LogP contribution is 2.21. The molecule has 0 aliphatic heterocycles. The minimum Gasteiger partial charge on any atom is -0.388 e. The number of benzene rings is 1. The molecule has 0 spiro atoms. The summed E-state index contributed by atoms with van der Waals surface area (Å²) in [6.07, 6.45) is 1.06. The van der Waals surface area contributed by atoms with E-state index in [-0.39, 0.29) is 0 Å². The summed E-state index contributed by atoms with van der Waals surface area (Å²) in [7, 11) is 1.93. The molecule has 3 heteroatoms. The molecule has 0 radical (unpaired) electrons. The van der Waals surface area contributed by atoms with Crippen LogP contribution in [0.1, 0.15) is 35.5 Å². The Morgan fingerprint density at radius 2 is 2.06 bits per heavy atom. The van der Waals surface area contributed by atoms with Crippen molar-refractivity contribution in [3.05, 3.63) is 52.8 Å². The molecule has 1 aromatic heterocycles. The van der Waals surface area contributed by atoms with Crippen molar-refractivity contribution in [2.45, 2.75) is 32.8 Å². The Hall–Kier alpha value is -1.61. The molecular weight excluding hydrogens is 224 g/mol. The standard InChI is InChI=1S/C15H20N2O/c1-4-12-9-13(17(3)16-12)10-15(18)14-8-6-5-7-11(14)2/h5-9,15,18H,4,10H2,1-3H3. The first kappa shape index (κ1) is 12.8. The third kappa shape index (κ3) is 2.62. The van der Waals surface area contributed by atoms with Gasteiger partial charge in [0.1, 0.15) is 0 Å². The molecule has 0 aliphatic rings. The van der Waals surface area contributed by atoms with Crippen LogP contribution in [0.2, 0.25) is 0 Å². The lowest BCUT2D eigenvalue weighted by Crippen LogP contribution is -2.07. The average Bonchev–Trinajstić information content (AvgIpc) is 2.70. The van der Waals surface area contributed by atoms with Gasteiger partial charge in [0.2, 0.25) is 0 Å². The SMILES string of the molecule is CCc1cc(CC(O)c2ccccc2C)n(C)n1. The second-order valence-corrected chi connectivity index (χ2v) is 4.68. The Kier molecular flexibility index (Phi) is 3.82. The van der Waals surface area contributed by atoms with Gasteiger partial charge in [0.05, 0.1) is 11.8 Å². The van der Waals surface area contributed by atoms with Gasteiger partial charge in [-0.25, -0.2) is 0 Å². The predicted molar refractivity (Wildman–Crippen MR) is 72.4 cm³/mol. The van der Waals surface area contributed by atoms with Gasteiger partial charge < -0.3 is 5.11 Å². The lowest BCUT2D eigenvalue weighted by atomic mass is 10.00. The van der Waals surface area contributed by atoms with Crippen LogP contribution in [0, 0.1) is 6.92 Å². The van der Waals surface area contributed by atoms with Gasteiger partial charge in [-0.05, 0) is 30.5 Å².